The van der Waals surface area contributed by atoms with Crippen LogP contribution >= 0.6 is 0 Å². The van der Waals surface area contributed by atoms with Gasteiger partial charge in [-0.15, -0.1) is 0 Å². The van der Waals surface area contributed by atoms with Crippen LogP contribution in [0.4, 0.5) is 5.69 Å². The van der Waals surface area contributed by atoms with E-state index < -0.39 is 10.0 Å². The molecule has 0 spiro atoms. The highest BCUT2D eigenvalue weighted by Gasteiger charge is 2.24. The molecule has 72 valence electrons. The predicted octanol–water partition coefficient (Wildman–Crippen LogP) is 0.122. The van der Waals surface area contributed by atoms with Gasteiger partial charge < -0.3 is 0 Å². The van der Waals surface area contributed by atoms with E-state index in [0.29, 0.717) is 12.2 Å². The Labute approximate surface area is 76.8 Å². The number of anilines is 1. The molecule has 0 aliphatic carbocycles. The first-order valence-electron chi connectivity index (χ1n) is 4.09. The first-order chi connectivity index (χ1) is 6.09. The molecule has 0 bridgehead atoms. The van der Waals surface area contributed by atoms with Crippen molar-refractivity contribution in [1.82, 2.24) is 10.2 Å². The number of hydrogen-bond donors (Lipinski definition) is 1. The molecule has 6 heteroatoms. The molecule has 5 nitrogen and oxygen atoms in total. The lowest BCUT2D eigenvalue weighted by Gasteiger charge is -2.25. The van der Waals surface area contributed by atoms with Crippen LogP contribution in [0.15, 0.2) is 6.20 Å². The SMILES string of the molecule is CS(=O)(=O)N1CCCc2[nH]ncc21. The number of H-pyrrole nitrogens is 1. The maximum Gasteiger partial charge on any atom is 0.232 e. The van der Waals surface area contributed by atoms with Crippen molar-refractivity contribution < 1.29 is 8.42 Å². The number of rotatable bonds is 1. The van der Waals surface area contributed by atoms with Gasteiger partial charge in [-0.05, 0) is 12.8 Å². The van der Waals surface area contributed by atoms with Crippen molar-refractivity contribution in [3.05, 3.63) is 11.9 Å². The Morgan fingerprint density at radius 1 is 1.62 bits per heavy atom. The molecule has 0 unspecified atom stereocenters. The first-order valence-corrected chi connectivity index (χ1v) is 5.94. The Morgan fingerprint density at radius 2 is 2.38 bits per heavy atom. The van der Waals surface area contributed by atoms with Crippen LogP contribution in [0.3, 0.4) is 0 Å². The zero-order valence-corrected chi connectivity index (χ0v) is 8.13. The third-order valence-corrected chi connectivity index (χ3v) is 3.33. The Kier molecular flexibility index (Phi) is 1.80. The second kappa shape index (κ2) is 2.73. The van der Waals surface area contributed by atoms with Gasteiger partial charge in [0.2, 0.25) is 10.0 Å². The van der Waals surface area contributed by atoms with Crippen molar-refractivity contribution in [2.24, 2.45) is 0 Å². The molecule has 0 aromatic carbocycles. The zero-order chi connectivity index (χ0) is 9.47. The summed E-state index contributed by atoms with van der Waals surface area (Å²) >= 11 is 0. The molecule has 2 heterocycles. The largest absolute Gasteiger partial charge is 0.280 e. The molecule has 0 radical (unpaired) electrons. The zero-order valence-electron chi connectivity index (χ0n) is 7.32. The van der Waals surface area contributed by atoms with Gasteiger partial charge in [0, 0.05) is 6.54 Å². The number of hydrogen-bond acceptors (Lipinski definition) is 3. The summed E-state index contributed by atoms with van der Waals surface area (Å²) in [6.45, 7) is 0.561. The number of aryl methyl sites for hydroxylation is 1. The highest BCUT2D eigenvalue weighted by atomic mass is 32.2. The van der Waals surface area contributed by atoms with Gasteiger partial charge in [0.15, 0.2) is 0 Å². The van der Waals surface area contributed by atoms with Crippen molar-refractivity contribution in [2.75, 3.05) is 17.1 Å². The van der Waals surface area contributed by atoms with E-state index in [2.05, 4.69) is 10.2 Å². The van der Waals surface area contributed by atoms with Crippen molar-refractivity contribution in [2.45, 2.75) is 12.8 Å². The fourth-order valence-corrected chi connectivity index (χ4v) is 2.55. The average Bonchev–Trinajstić information content (AvgIpc) is 2.48. The van der Waals surface area contributed by atoms with Gasteiger partial charge in [0.05, 0.1) is 23.8 Å². The molecule has 13 heavy (non-hydrogen) atoms. The number of fused-ring (bicyclic) bond motifs is 1. The van der Waals surface area contributed by atoms with Gasteiger partial charge >= 0.3 is 0 Å². The third-order valence-electron chi connectivity index (χ3n) is 2.15. The Balaban J connectivity index is 2.47. The Bertz CT molecular complexity index is 409. The average molecular weight is 201 g/mol. The fourth-order valence-electron chi connectivity index (χ4n) is 1.57. The number of nitrogens with one attached hydrogen (secondary N) is 1. The van der Waals surface area contributed by atoms with E-state index in [1.165, 1.54) is 10.6 Å². The van der Waals surface area contributed by atoms with Gasteiger partial charge in [0.1, 0.15) is 0 Å². The first kappa shape index (κ1) is 8.55. The molecule has 2 rings (SSSR count). The highest BCUT2D eigenvalue weighted by molar-refractivity contribution is 7.92. The standard InChI is InChI=1S/C7H11N3O2S/c1-13(11,12)10-4-2-3-6-7(10)5-8-9-6/h5H,2-4H2,1H3,(H,8,9). The van der Waals surface area contributed by atoms with Crippen molar-refractivity contribution in [3.63, 3.8) is 0 Å². The quantitative estimate of drug-likeness (QED) is 0.702. The van der Waals surface area contributed by atoms with E-state index in [1.807, 2.05) is 0 Å². The van der Waals surface area contributed by atoms with Crippen LogP contribution in [-0.2, 0) is 16.4 Å². The van der Waals surface area contributed by atoms with Gasteiger partial charge in [-0.3, -0.25) is 9.40 Å². The summed E-state index contributed by atoms with van der Waals surface area (Å²) in [5.74, 6) is 0. The normalized spacial score (nSPS) is 17.2. The van der Waals surface area contributed by atoms with E-state index in [-0.39, 0.29) is 0 Å². The highest BCUT2D eigenvalue weighted by Crippen LogP contribution is 2.26. The van der Waals surface area contributed by atoms with Crippen molar-refractivity contribution in [1.29, 1.82) is 0 Å². The predicted molar refractivity (Wildman–Crippen MR) is 49.1 cm³/mol. The lowest BCUT2D eigenvalue weighted by Crippen LogP contribution is -2.34. The summed E-state index contributed by atoms with van der Waals surface area (Å²) in [6.07, 6.45) is 4.51. The second-order valence-electron chi connectivity index (χ2n) is 3.17. The molecule has 1 aliphatic rings. The molecule has 0 saturated heterocycles. The maximum atomic E-state index is 11.3. The summed E-state index contributed by atoms with van der Waals surface area (Å²) in [6, 6.07) is 0. The minimum atomic E-state index is -3.14. The Morgan fingerprint density at radius 3 is 3.08 bits per heavy atom. The monoisotopic (exact) mass is 201 g/mol. The number of aromatic amines is 1. The fraction of sp³-hybridized carbons (Fsp3) is 0.571. The van der Waals surface area contributed by atoms with E-state index in [0.717, 1.165) is 18.5 Å². The smallest absolute Gasteiger partial charge is 0.232 e. The lowest BCUT2D eigenvalue weighted by atomic mass is 10.1. The molecule has 1 aromatic heterocycles. The number of sulfonamides is 1. The van der Waals surface area contributed by atoms with Gasteiger partial charge in [-0.1, -0.05) is 0 Å². The topological polar surface area (TPSA) is 66.1 Å². The third kappa shape index (κ3) is 1.41. The molecule has 1 aliphatic heterocycles. The van der Waals surface area contributed by atoms with Gasteiger partial charge in [-0.25, -0.2) is 8.42 Å². The van der Waals surface area contributed by atoms with E-state index >= 15 is 0 Å². The van der Waals surface area contributed by atoms with E-state index in [4.69, 9.17) is 0 Å². The summed E-state index contributed by atoms with van der Waals surface area (Å²) < 4.78 is 24.1. The minimum absolute atomic E-state index is 0.561. The van der Waals surface area contributed by atoms with E-state index in [1.54, 1.807) is 6.20 Å². The van der Waals surface area contributed by atoms with Crippen LogP contribution in [-0.4, -0.2) is 31.4 Å². The van der Waals surface area contributed by atoms with Crippen LogP contribution in [0, 0.1) is 0 Å². The van der Waals surface area contributed by atoms with Gasteiger partial charge in [-0.2, -0.15) is 5.10 Å². The summed E-state index contributed by atoms with van der Waals surface area (Å²) in [5.41, 5.74) is 1.62. The summed E-state index contributed by atoms with van der Waals surface area (Å²) in [4.78, 5) is 0. The van der Waals surface area contributed by atoms with Crippen LogP contribution in [0.2, 0.25) is 0 Å². The molecular formula is C7H11N3O2S. The molecular weight excluding hydrogens is 190 g/mol. The molecule has 1 N–H and O–H groups in total. The molecule has 0 amide bonds. The lowest BCUT2D eigenvalue weighted by molar-refractivity contribution is 0.592. The molecule has 0 atom stereocenters. The van der Waals surface area contributed by atoms with Crippen molar-refractivity contribution in [3.8, 4) is 0 Å². The molecule has 1 aromatic rings. The Hall–Kier alpha value is -1.04. The number of nitrogens with zero attached hydrogens (tertiary/aromatic N) is 2. The maximum absolute atomic E-state index is 11.3. The van der Waals surface area contributed by atoms with E-state index in [9.17, 15) is 8.42 Å². The minimum Gasteiger partial charge on any atom is -0.280 e. The van der Waals surface area contributed by atoms with Crippen LogP contribution in [0.5, 0.6) is 0 Å². The van der Waals surface area contributed by atoms with Gasteiger partial charge in [0.25, 0.3) is 0 Å². The van der Waals surface area contributed by atoms with Crippen molar-refractivity contribution >= 4 is 15.7 Å². The summed E-state index contributed by atoms with van der Waals surface area (Å²) in [7, 11) is -3.14. The molecule has 0 saturated carbocycles. The second-order valence-corrected chi connectivity index (χ2v) is 5.08. The molecule has 0 fully saturated rings. The summed E-state index contributed by atoms with van der Waals surface area (Å²) in [5, 5.41) is 6.64. The van der Waals surface area contributed by atoms with Crippen LogP contribution in [0.1, 0.15) is 12.1 Å². The van der Waals surface area contributed by atoms with Crippen LogP contribution < -0.4 is 4.31 Å². The van der Waals surface area contributed by atoms with Crippen LogP contribution in [0.25, 0.3) is 0 Å². The number of aromatic nitrogens is 2.